The maximum atomic E-state index is 11.5. The Morgan fingerprint density at radius 1 is 0.958 bits per heavy atom. The van der Waals surface area contributed by atoms with Gasteiger partial charge in [-0.05, 0) is 6.42 Å². The first-order valence-corrected chi connectivity index (χ1v) is 8.06. The first-order chi connectivity index (χ1) is 11.1. The number of rotatable bonds is 5. The van der Waals surface area contributed by atoms with Crippen molar-refractivity contribution in [3.63, 3.8) is 0 Å². The second-order valence-corrected chi connectivity index (χ2v) is 6.40. The molecule has 0 bridgehead atoms. The van der Waals surface area contributed by atoms with E-state index in [4.69, 9.17) is 14.2 Å². The first kappa shape index (κ1) is 20.3. The minimum Gasteiger partial charge on any atom is -0.465 e. The molecule has 1 amide bonds. The predicted octanol–water partition coefficient (Wildman–Crippen LogP) is 0.236. The van der Waals surface area contributed by atoms with Gasteiger partial charge in [-0.1, -0.05) is 0 Å². The van der Waals surface area contributed by atoms with Gasteiger partial charge in [0.1, 0.15) is 6.10 Å². The fourth-order valence-electron chi connectivity index (χ4n) is 2.77. The minimum atomic E-state index is -0.924. The lowest BCUT2D eigenvalue weighted by Gasteiger charge is -2.44. The van der Waals surface area contributed by atoms with Crippen molar-refractivity contribution < 1.29 is 33.4 Å². The molecule has 1 aliphatic carbocycles. The molecule has 1 aliphatic rings. The van der Waals surface area contributed by atoms with E-state index >= 15 is 0 Å². The van der Waals surface area contributed by atoms with Crippen LogP contribution in [0.3, 0.4) is 0 Å². The van der Waals surface area contributed by atoms with Crippen LogP contribution in [-0.4, -0.2) is 53.9 Å². The average molecular weight is 361 g/mol. The number of ether oxygens (including phenoxy) is 3. The van der Waals surface area contributed by atoms with E-state index in [0.717, 1.165) is 0 Å². The largest absolute Gasteiger partial charge is 0.465 e. The van der Waals surface area contributed by atoms with Gasteiger partial charge < -0.3 is 19.5 Å². The summed E-state index contributed by atoms with van der Waals surface area (Å²) in [4.78, 5) is 45.5. The number of nitrogens with one attached hydrogen (secondary N) is 1. The van der Waals surface area contributed by atoms with Crippen LogP contribution in [0.2, 0.25) is 0 Å². The normalized spacial score (nSPS) is 29.3. The van der Waals surface area contributed by atoms with Gasteiger partial charge in [0.15, 0.2) is 6.10 Å². The highest BCUT2D eigenvalue weighted by molar-refractivity contribution is 7.81. The van der Waals surface area contributed by atoms with Crippen molar-refractivity contribution in [2.24, 2.45) is 5.92 Å². The molecule has 0 spiro atoms. The van der Waals surface area contributed by atoms with Crippen LogP contribution in [0.4, 0.5) is 0 Å². The molecule has 0 aromatic heterocycles. The number of carbonyl (C=O) groups excluding carboxylic acids is 4. The Bertz CT molecular complexity index is 510. The highest BCUT2D eigenvalue weighted by atomic mass is 32.1. The van der Waals surface area contributed by atoms with E-state index in [9.17, 15) is 19.2 Å². The van der Waals surface area contributed by atoms with E-state index in [1.54, 1.807) is 0 Å². The van der Waals surface area contributed by atoms with Crippen LogP contribution in [0.15, 0.2) is 0 Å². The van der Waals surface area contributed by atoms with E-state index in [1.165, 1.54) is 27.7 Å². The van der Waals surface area contributed by atoms with Crippen LogP contribution < -0.4 is 5.32 Å². The molecule has 5 atom stereocenters. The summed E-state index contributed by atoms with van der Waals surface area (Å²) in [7, 11) is 0. The predicted molar refractivity (Wildman–Crippen MR) is 86.2 cm³/mol. The van der Waals surface area contributed by atoms with Crippen molar-refractivity contribution in [3.8, 4) is 0 Å². The van der Waals surface area contributed by atoms with Crippen molar-refractivity contribution in [1.82, 2.24) is 5.32 Å². The lowest BCUT2D eigenvalue weighted by atomic mass is 9.80. The number of thiol groups is 1. The zero-order chi connectivity index (χ0) is 18.4. The van der Waals surface area contributed by atoms with Gasteiger partial charge in [-0.25, -0.2) is 0 Å². The topological polar surface area (TPSA) is 108 Å². The molecule has 0 saturated heterocycles. The monoisotopic (exact) mass is 361 g/mol. The maximum Gasteiger partial charge on any atom is 0.303 e. The third-order valence-electron chi connectivity index (χ3n) is 3.58. The van der Waals surface area contributed by atoms with Gasteiger partial charge in [0.2, 0.25) is 5.91 Å². The first-order valence-electron chi connectivity index (χ1n) is 7.54. The van der Waals surface area contributed by atoms with Gasteiger partial charge in [0.05, 0.1) is 12.6 Å². The van der Waals surface area contributed by atoms with Crippen LogP contribution in [0.5, 0.6) is 0 Å². The second kappa shape index (κ2) is 8.91. The molecule has 1 saturated carbocycles. The molecule has 0 radical (unpaired) electrons. The summed E-state index contributed by atoms with van der Waals surface area (Å²) in [5.74, 6) is -2.35. The number of hydrogen-bond donors (Lipinski definition) is 2. The minimum absolute atomic E-state index is 0.00506. The second-order valence-electron chi connectivity index (χ2n) is 5.74. The van der Waals surface area contributed by atoms with Crippen molar-refractivity contribution in [2.45, 2.75) is 57.6 Å². The summed E-state index contributed by atoms with van der Waals surface area (Å²) in [5.41, 5.74) is 0. The Morgan fingerprint density at radius 2 is 1.50 bits per heavy atom. The fraction of sp³-hybridized carbons (Fsp3) is 0.733. The van der Waals surface area contributed by atoms with Crippen LogP contribution in [0.1, 0.15) is 34.1 Å². The molecule has 8 nitrogen and oxygen atoms in total. The number of carbonyl (C=O) groups is 4. The molecule has 0 aromatic rings. The summed E-state index contributed by atoms with van der Waals surface area (Å²) < 4.78 is 15.6. The summed E-state index contributed by atoms with van der Waals surface area (Å²) in [6, 6.07) is -0.632. The SMILES string of the molecule is CC(=O)NC1C(S)CC(COC(C)=O)C(OC(C)=O)C1OC(C)=O. The van der Waals surface area contributed by atoms with E-state index < -0.39 is 42.1 Å². The van der Waals surface area contributed by atoms with Gasteiger partial charge in [0.25, 0.3) is 0 Å². The zero-order valence-electron chi connectivity index (χ0n) is 14.1. The summed E-state index contributed by atoms with van der Waals surface area (Å²) in [6.45, 7) is 5.05. The zero-order valence-corrected chi connectivity index (χ0v) is 15.0. The van der Waals surface area contributed by atoms with Crippen molar-refractivity contribution in [1.29, 1.82) is 0 Å². The molecule has 0 aromatic carbocycles. The molecule has 5 unspecified atom stereocenters. The van der Waals surface area contributed by atoms with E-state index in [2.05, 4.69) is 17.9 Å². The van der Waals surface area contributed by atoms with Crippen LogP contribution >= 0.6 is 12.6 Å². The smallest absolute Gasteiger partial charge is 0.303 e. The van der Waals surface area contributed by atoms with Crippen molar-refractivity contribution in [2.75, 3.05) is 6.61 Å². The molecule has 9 heteroatoms. The third kappa shape index (κ3) is 6.03. The van der Waals surface area contributed by atoms with Crippen molar-refractivity contribution in [3.05, 3.63) is 0 Å². The summed E-state index contributed by atoms with van der Waals surface area (Å²) in [5, 5.41) is 2.31. The van der Waals surface area contributed by atoms with Crippen LogP contribution in [0, 0.1) is 5.92 Å². The maximum absolute atomic E-state index is 11.5. The van der Waals surface area contributed by atoms with E-state index in [-0.39, 0.29) is 17.8 Å². The van der Waals surface area contributed by atoms with Crippen molar-refractivity contribution >= 4 is 36.4 Å². The average Bonchev–Trinajstić information content (AvgIpc) is 2.42. The Morgan fingerprint density at radius 3 is 1.96 bits per heavy atom. The quantitative estimate of drug-likeness (QED) is 0.410. The van der Waals surface area contributed by atoms with Gasteiger partial charge in [-0.2, -0.15) is 12.6 Å². The summed E-state index contributed by atoms with van der Waals surface area (Å²) in [6.07, 6.45) is -1.38. The van der Waals surface area contributed by atoms with Gasteiger partial charge in [-0.15, -0.1) is 0 Å². The van der Waals surface area contributed by atoms with Gasteiger partial charge in [-0.3, -0.25) is 19.2 Å². The Balaban J connectivity index is 3.11. The van der Waals surface area contributed by atoms with Crippen LogP contribution in [-0.2, 0) is 33.4 Å². The standard InChI is InChI=1S/C15H23NO7S/c1-7(17)16-13-12(24)5-11(6-21-8(2)18)14(22-9(3)19)15(13)23-10(4)20/h11-15,24H,5-6H2,1-4H3,(H,16,17). The Labute approximate surface area is 146 Å². The number of hydrogen-bond acceptors (Lipinski definition) is 8. The molecular weight excluding hydrogens is 338 g/mol. The Hall–Kier alpha value is -1.77. The van der Waals surface area contributed by atoms with Gasteiger partial charge in [0, 0.05) is 38.9 Å². The molecule has 0 aliphatic heterocycles. The molecule has 24 heavy (non-hydrogen) atoms. The third-order valence-corrected chi connectivity index (χ3v) is 4.11. The molecule has 1 fully saturated rings. The summed E-state index contributed by atoms with van der Waals surface area (Å²) >= 11 is 4.46. The molecule has 136 valence electrons. The lowest BCUT2D eigenvalue weighted by molar-refractivity contribution is -0.181. The molecule has 1 rings (SSSR count). The fourth-order valence-corrected chi connectivity index (χ4v) is 3.28. The van der Waals surface area contributed by atoms with Gasteiger partial charge >= 0.3 is 17.9 Å². The molecular formula is C15H23NO7S. The molecule has 1 N–H and O–H groups in total. The van der Waals surface area contributed by atoms with E-state index in [1.807, 2.05) is 0 Å². The number of amides is 1. The van der Waals surface area contributed by atoms with Crippen LogP contribution in [0.25, 0.3) is 0 Å². The number of esters is 3. The Kier molecular flexibility index (Phi) is 7.53. The molecule has 0 heterocycles. The van der Waals surface area contributed by atoms with E-state index in [0.29, 0.717) is 6.42 Å². The highest BCUT2D eigenvalue weighted by Gasteiger charge is 2.48. The lowest BCUT2D eigenvalue weighted by Crippen LogP contribution is -2.61. The highest BCUT2D eigenvalue weighted by Crippen LogP contribution is 2.33.